The first kappa shape index (κ1) is 14.8. The maximum absolute atomic E-state index is 13.5. The van der Waals surface area contributed by atoms with Crippen molar-refractivity contribution in [3.8, 4) is 0 Å². The van der Waals surface area contributed by atoms with Gasteiger partial charge in [0, 0.05) is 13.1 Å². The predicted molar refractivity (Wildman–Crippen MR) is 67.2 cm³/mol. The number of ether oxygens (including phenoxy) is 1. The van der Waals surface area contributed by atoms with Crippen molar-refractivity contribution in [2.24, 2.45) is 0 Å². The van der Waals surface area contributed by atoms with Gasteiger partial charge >= 0.3 is 5.69 Å². The Labute approximate surface area is 115 Å². The Morgan fingerprint density at radius 1 is 1.50 bits per heavy atom. The smallest absolute Gasteiger partial charge is 0.324 e. The largest absolute Gasteiger partial charge is 0.376 e. The molecular formula is C11H13FN2O5S. The van der Waals surface area contributed by atoms with E-state index in [4.69, 9.17) is 4.74 Å². The molecule has 0 N–H and O–H groups in total. The average Bonchev–Trinajstić information content (AvgIpc) is 2.38. The van der Waals surface area contributed by atoms with Gasteiger partial charge in [-0.2, -0.15) is 8.70 Å². The minimum Gasteiger partial charge on any atom is -0.376 e. The molecule has 2 rings (SSSR count). The van der Waals surface area contributed by atoms with Gasteiger partial charge in [0.15, 0.2) is 4.90 Å². The molecule has 110 valence electrons. The summed E-state index contributed by atoms with van der Waals surface area (Å²) in [6.07, 6.45) is -0.314. The number of nitro groups is 1. The highest BCUT2D eigenvalue weighted by molar-refractivity contribution is 7.89. The van der Waals surface area contributed by atoms with Gasteiger partial charge < -0.3 is 4.74 Å². The standard InChI is InChI=1S/C11H13FN2O5S/c1-8-7-13(5-6-19-8)20(17,18)10-4-2-3-9(12)11(10)14(15)16/h2-4,8H,5-7H2,1H3. The molecule has 1 aromatic carbocycles. The molecule has 0 amide bonds. The Bertz CT molecular complexity index is 634. The molecule has 7 nitrogen and oxygen atoms in total. The molecule has 0 bridgehead atoms. The Kier molecular flexibility index (Phi) is 4.02. The van der Waals surface area contributed by atoms with E-state index in [1.165, 1.54) is 0 Å². The van der Waals surface area contributed by atoms with Crippen LogP contribution < -0.4 is 0 Å². The van der Waals surface area contributed by atoms with Crippen molar-refractivity contribution in [2.75, 3.05) is 19.7 Å². The molecule has 1 fully saturated rings. The van der Waals surface area contributed by atoms with Crippen LogP contribution in [0, 0.1) is 15.9 Å². The number of benzene rings is 1. The van der Waals surface area contributed by atoms with Gasteiger partial charge in [-0.15, -0.1) is 0 Å². The third-order valence-corrected chi connectivity index (χ3v) is 4.85. The first-order valence-corrected chi connectivity index (χ1v) is 7.32. The lowest BCUT2D eigenvalue weighted by Crippen LogP contribution is -2.44. The molecule has 0 radical (unpaired) electrons. The second-order valence-electron chi connectivity index (χ2n) is 4.39. The Morgan fingerprint density at radius 3 is 2.80 bits per heavy atom. The highest BCUT2D eigenvalue weighted by Crippen LogP contribution is 2.29. The number of morpholine rings is 1. The van der Waals surface area contributed by atoms with E-state index in [2.05, 4.69) is 0 Å². The van der Waals surface area contributed by atoms with Crippen LogP contribution in [-0.4, -0.2) is 43.4 Å². The van der Waals surface area contributed by atoms with E-state index >= 15 is 0 Å². The molecule has 1 aliphatic heterocycles. The van der Waals surface area contributed by atoms with Crippen LogP contribution in [0.2, 0.25) is 0 Å². The van der Waals surface area contributed by atoms with Crippen LogP contribution in [0.25, 0.3) is 0 Å². The third-order valence-electron chi connectivity index (χ3n) is 2.95. The second kappa shape index (κ2) is 5.43. The first-order valence-electron chi connectivity index (χ1n) is 5.88. The van der Waals surface area contributed by atoms with Crippen LogP contribution >= 0.6 is 0 Å². The number of sulfonamides is 1. The molecule has 0 aliphatic carbocycles. The number of nitrogens with zero attached hydrogens (tertiary/aromatic N) is 2. The van der Waals surface area contributed by atoms with Crippen molar-refractivity contribution < 1.29 is 22.5 Å². The van der Waals surface area contributed by atoms with Gasteiger partial charge in [-0.05, 0) is 19.1 Å². The maximum Gasteiger partial charge on any atom is 0.324 e. The normalized spacial score (nSPS) is 20.8. The van der Waals surface area contributed by atoms with E-state index in [-0.39, 0.29) is 25.8 Å². The third kappa shape index (κ3) is 2.65. The molecule has 1 heterocycles. The number of hydrogen-bond acceptors (Lipinski definition) is 5. The van der Waals surface area contributed by atoms with E-state index in [1.54, 1.807) is 6.92 Å². The predicted octanol–water partition coefficient (Wildman–Crippen LogP) is 1.14. The van der Waals surface area contributed by atoms with Crippen LogP contribution in [-0.2, 0) is 14.8 Å². The zero-order valence-corrected chi connectivity index (χ0v) is 11.5. The summed E-state index contributed by atoms with van der Waals surface area (Å²) in [5.41, 5.74) is -1.02. The van der Waals surface area contributed by atoms with Crippen molar-refractivity contribution in [1.82, 2.24) is 4.31 Å². The van der Waals surface area contributed by atoms with Gasteiger partial charge in [-0.1, -0.05) is 6.07 Å². The molecule has 0 spiro atoms. The Morgan fingerprint density at radius 2 is 2.20 bits per heavy atom. The van der Waals surface area contributed by atoms with E-state index in [0.29, 0.717) is 0 Å². The molecule has 9 heteroatoms. The van der Waals surface area contributed by atoms with Gasteiger partial charge in [0.05, 0.1) is 17.6 Å². The van der Waals surface area contributed by atoms with Gasteiger partial charge in [0.2, 0.25) is 15.8 Å². The minimum atomic E-state index is -4.12. The minimum absolute atomic E-state index is 0.0794. The van der Waals surface area contributed by atoms with Crippen molar-refractivity contribution >= 4 is 15.7 Å². The fourth-order valence-electron chi connectivity index (χ4n) is 2.02. The van der Waals surface area contributed by atoms with Crippen LogP contribution in [0.4, 0.5) is 10.1 Å². The monoisotopic (exact) mass is 304 g/mol. The molecule has 1 aromatic rings. The molecule has 1 unspecified atom stereocenters. The molecule has 1 atom stereocenters. The molecule has 0 saturated carbocycles. The first-order chi connectivity index (χ1) is 9.34. The number of hydrogen-bond donors (Lipinski definition) is 0. The van der Waals surface area contributed by atoms with E-state index in [9.17, 15) is 22.9 Å². The summed E-state index contributed by atoms with van der Waals surface area (Å²) in [5.74, 6) is -1.17. The van der Waals surface area contributed by atoms with Crippen molar-refractivity contribution in [1.29, 1.82) is 0 Å². The van der Waals surface area contributed by atoms with E-state index < -0.39 is 31.3 Å². The molecule has 1 aliphatic rings. The summed E-state index contributed by atoms with van der Waals surface area (Å²) >= 11 is 0. The van der Waals surface area contributed by atoms with Gasteiger partial charge in [-0.25, -0.2) is 8.42 Å². The van der Waals surface area contributed by atoms with Crippen LogP contribution in [0.15, 0.2) is 23.1 Å². The summed E-state index contributed by atoms with van der Waals surface area (Å²) in [4.78, 5) is 9.24. The lowest BCUT2D eigenvalue weighted by atomic mass is 10.3. The number of para-hydroxylation sites is 1. The van der Waals surface area contributed by atoms with Crippen LogP contribution in [0.5, 0.6) is 0 Å². The van der Waals surface area contributed by atoms with Crippen LogP contribution in [0.3, 0.4) is 0 Å². The maximum atomic E-state index is 13.5. The molecule has 1 saturated heterocycles. The summed E-state index contributed by atoms with van der Waals surface area (Å²) in [6, 6.07) is 3.04. The average molecular weight is 304 g/mol. The summed E-state index contributed by atoms with van der Waals surface area (Å²) in [7, 11) is -4.12. The number of halogens is 1. The zero-order chi connectivity index (χ0) is 14.9. The SMILES string of the molecule is CC1CN(S(=O)(=O)c2cccc(F)c2[N+](=O)[O-])CCO1. The lowest BCUT2D eigenvalue weighted by Gasteiger charge is -2.30. The number of nitro benzene ring substituents is 1. The highest BCUT2D eigenvalue weighted by Gasteiger charge is 2.35. The van der Waals surface area contributed by atoms with E-state index in [1.807, 2.05) is 0 Å². The molecule has 0 aromatic heterocycles. The number of rotatable bonds is 3. The van der Waals surface area contributed by atoms with Gasteiger partial charge in [-0.3, -0.25) is 10.1 Å². The van der Waals surface area contributed by atoms with E-state index in [0.717, 1.165) is 22.5 Å². The topological polar surface area (TPSA) is 89.8 Å². The fraction of sp³-hybridized carbons (Fsp3) is 0.455. The molecular weight excluding hydrogens is 291 g/mol. The van der Waals surface area contributed by atoms with Crippen molar-refractivity contribution in [3.05, 3.63) is 34.1 Å². The summed E-state index contributed by atoms with van der Waals surface area (Å²) in [5, 5.41) is 10.9. The fourth-order valence-corrected chi connectivity index (χ4v) is 3.69. The Balaban J connectivity index is 2.49. The van der Waals surface area contributed by atoms with Crippen molar-refractivity contribution in [3.63, 3.8) is 0 Å². The quantitative estimate of drug-likeness (QED) is 0.617. The van der Waals surface area contributed by atoms with Crippen molar-refractivity contribution in [2.45, 2.75) is 17.9 Å². The van der Waals surface area contributed by atoms with Gasteiger partial charge in [0.1, 0.15) is 0 Å². The lowest BCUT2D eigenvalue weighted by molar-refractivity contribution is -0.390. The van der Waals surface area contributed by atoms with Crippen LogP contribution in [0.1, 0.15) is 6.92 Å². The summed E-state index contributed by atoms with van der Waals surface area (Å²) in [6.45, 7) is 2.06. The molecule has 20 heavy (non-hydrogen) atoms. The zero-order valence-electron chi connectivity index (χ0n) is 10.7. The summed E-state index contributed by atoms with van der Waals surface area (Å²) < 4.78 is 44.6. The van der Waals surface area contributed by atoms with Gasteiger partial charge in [0.25, 0.3) is 0 Å². The Hall–Kier alpha value is -1.58. The highest BCUT2D eigenvalue weighted by atomic mass is 32.2. The second-order valence-corrected chi connectivity index (χ2v) is 6.29.